The molecule has 2 aromatic rings. The Bertz CT molecular complexity index is 641. The molecule has 0 amide bonds. The van der Waals surface area contributed by atoms with Crippen LogP contribution in [0.4, 0.5) is 0 Å². The Morgan fingerprint density at radius 1 is 1.32 bits per heavy atom. The maximum absolute atomic E-state index is 12.5. The van der Waals surface area contributed by atoms with E-state index in [0.717, 1.165) is 9.48 Å². The van der Waals surface area contributed by atoms with Crippen molar-refractivity contribution in [3.8, 4) is 0 Å². The Hall–Kier alpha value is -0.760. The van der Waals surface area contributed by atoms with E-state index in [-0.39, 0.29) is 6.54 Å². The molecule has 0 fully saturated rings. The Labute approximate surface area is 125 Å². The first-order chi connectivity index (χ1) is 9.04. The first kappa shape index (κ1) is 14.6. The highest BCUT2D eigenvalue weighted by Crippen LogP contribution is 2.28. The summed E-state index contributed by atoms with van der Waals surface area (Å²) in [4.78, 5) is 4.17. The molecule has 2 rings (SSSR count). The topological polar surface area (TPSA) is 50.3 Å². The third-order valence-corrected chi connectivity index (χ3v) is 6.57. The van der Waals surface area contributed by atoms with Crippen LogP contribution in [0, 0.1) is 0 Å². The van der Waals surface area contributed by atoms with Gasteiger partial charge in [0.2, 0.25) is 0 Å². The molecule has 0 radical (unpaired) electrons. The molecule has 0 bridgehead atoms. The van der Waals surface area contributed by atoms with Crippen LogP contribution in [-0.4, -0.2) is 24.3 Å². The highest BCUT2D eigenvalue weighted by Gasteiger charge is 2.25. The highest BCUT2D eigenvalue weighted by molar-refractivity contribution is 9.11. The summed E-state index contributed by atoms with van der Waals surface area (Å²) >= 11 is 4.50. The van der Waals surface area contributed by atoms with Crippen molar-refractivity contribution in [1.29, 1.82) is 0 Å². The van der Waals surface area contributed by atoms with Crippen molar-refractivity contribution < 1.29 is 8.42 Å². The molecule has 0 unspecified atom stereocenters. The zero-order valence-electron chi connectivity index (χ0n) is 10.3. The quantitative estimate of drug-likeness (QED) is 0.822. The summed E-state index contributed by atoms with van der Waals surface area (Å²) in [5, 5.41) is 0. The van der Waals surface area contributed by atoms with Gasteiger partial charge in [0.1, 0.15) is 4.21 Å². The van der Waals surface area contributed by atoms with Crippen LogP contribution in [0.2, 0.25) is 0 Å². The van der Waals surface area contributed by atoms with E-state index in [0.29, 0.717) is 10.8 Å². The van der Waals surface area contributed by atoms with Crippen LogP contribution in [0.5, 0.6) is 0 Å². The number of rotatable bonds is 5. The highest BCUT2D eigenvalue weighted by atomic mass is 79.9. The molecule has 19 heavy (non-hydrogen) atoms. The lowest BCUT2D eigenvalue weighted by atomic mass is 10.3. The largest absolute Gasteiger partial charge is 0.260 e. The van der Waals surface area contributed by atoms with Crippen LogP contribution < -0.4 is 0 Å². The van der Waals surface area contributed by atoms with E-state index in [1.165, 1.54) is 15.6 Å². The van der Waals surface area contributed by atoms with E-state index >= 15 is 0 Å². The minimum atomic E-state index is -3.45. The molecule has 0 atom stereocenters. The van der Waals surface area contributed by atoms with Crippen LogP contribution in [0.25, 0.3) is 0 Å². The second-order valence-corrected chi connectivity index (χ2v) is 8.44. The predicted molar refractivity (Wildman–Crippen MR) is 79.5 cm³/mol. The maximum Gasteiger partial charge on any atom is 0.252 e. The van der Waals surface area contributed by atoms with Crippen molar-refractivity contribution in [2.75, 3.05) is 6.54 Å². The van der Waals surface area contributed by atoms with Gasteiger partial charge >= 0.3 is 0 Å². The van der Waals surface area contributed by atoms with Gasteiger partial charge in [0.05, 0.1) is 16.0 Å². The summed E-state index contributed by atoms with van der Waals surface area (Å²) in [7, 11) is -3.45. The standard InChI is InChI=1S/C12H13BrN2O2S2/c1-2-15(9-10-5-3-4-8-14-10)19(16,17)12-7-6-11(13)18-12/h3-8H,2,9H2,1H3. The molecule has 2 heterocycles. The molecular formula is C12H13BrN2O2S2. The van der Waals surface area contributed by atoms with Crippen molar-refractivity contribution >= 4 is 37.3 Å². The van der Waals surface area contributed by atoms with Crippen molar-refractivity contribution in [2.45, 2.75) is 17.7 Å². The molecule has 4 nitrogen and oxygen atoms in total. The van der Waals surface area contributed by atoms with E-state index in [1.807, 2.05) is 25.1 Å². The van der Waals surface area contributed by atoms with Gasteiger partial charge in [0, 0.05) is 12.7 Å². The summed E-state index contributed by atoms with van der Waals surface area (Å²) < 4.78 is 27.5. The van der Waals surface area contributed by atoms with Gasteiger partial charge in [-0.05, 0) is 40.2 Å². The molecule has 0 saturated heterocycles. The predicted octanol–water partition coefficient (Wildman–Crippen LogP) is 3.12. The number of pyridine rings is 1. The van der Waals surface area contributed by atoms with E-state index in [2.05, 4.69) is 20.9 Å². The third kappa shape index (κ3) is 3.42. The fraction of sp³-hybridized carbons (Fsp3) is 0.250. The molecule has 0 spiro atoms. The Balaban J connectivity index is 2.27. The van der Waals surface area contributed by atoms with Crippen molar-refractivity contribution in [1.82, 2.24) is 9.29 Å². The number of hydrogen-bond acceptors (Lipinski definition) is 4. The van der Waals surface area contributed by atoms with E-state index < -0.39 is 10.0 Å². The van der Waals surface area contributed by atoms with E-state index in [9.17, 15) is 8.42 Å². The average Bonchev–Trinajstić information content (AvgIpc) is 2.84. The molecule has 0 N–H and O–H groups in total. The minimum absolute atomic E-state index is 0.287. The number of thiophene rings is 1. The van der Waals surface area contributed by atoms with Crippen LogP contribution in [0.15, 0.2) is 44.5 Å². The zero-order chi connectivity index (χ0) is 13.9. The Morgan fingerprint density at radius 3 is 2.63 bits per heavy atom. The van der Waals surface area contributed by atoms with Gasteiger partial charge in [-0.2, -0.15) is 4.31 Å². The maximum atomic E-state index is 12.5. The summed E-state index contributed by atoms with van der Waals surface area (Å²) in [5.74, 6) is 0. The molecule has 0 aliphatic heterocycles. The number of halogens is 1. The Kier molecular flexibility index (Phi) is 4.72. The monoisotopic (exact) mass is 360 g/mol. The van der Waals surface area contributed by atoms with Gasteiger partial charge in [-0.15, -0.1) is 11.3 Å². The average molecular weight is 361 g/mol. The van der Waals surface area contributed by atoms with Crippen LogP contribution in [0.3, 0.4) is 0 Å². The zero-order valence-corrected chi connectivity index (χ0v) is 13.5. The van der Waals surface area contributed by atoms with Gasteiger partial charge in [0.15, 0.2) is 0 Å². The molecule has 0 saturated carbocycles. The minimum Gasteiger partial charge on any atom is -0.260 e. The van der Waals surface area contributed by atoms with Gasteiger partial charge in [0.25, 0.3) is 10.0 Å². The van der Waals surface area contributed by atoms with Crippen molar-refractivity contribution in [3.05, 3.63) is 46.0 Å². The number of sulfonamides is 1. The molecular weight excluding hydrogens is 348 g/mol. The third-order valence-electron chi connectivity index (χ3n) is 2.56. The van der Waals surface area contributed by atoms with Crippen LogP contribution >= 0.6 is 27.3 Å². The number of hydrogen-bond donors (Lipinski definition) is 0. The van der Waals surface area contributed by atoms with Crippen molar-refractivity contribution in [2.24, 2.45) is 0 Å². The number of nitrogens with zero attached hydrogens (tertiary/aromatic N) is 2. The lowest BCUT2D eigenvalue weighted by molar-refractivity contribution is 0.420. The Morgan fingerprint density at radius 2 is 2.11 bits per heavy atom. The summed E-state index contributed by atoms with van der Waals surface area (Å²) in [6.45, 7) is 2.52. The van der Waals surface area contributed by atoms with Gasteiger partial charge in [-0.25, -0.2) is 8.42 Å². The summed E-state index contributed by atoms with van der Waals surface area (Å²) in [5.41, 5.74) is 0.739. The number of aromatic nitrogens is 1. The molecule has 0 aliphatic rings. The second-order valence-electron chi connectivity index (χ2n) is 3.81. The molecule has 2 aromatic heterocycles. The van der Waals surface area contributed by atoms with Gasteiger partial charge < -0.3 is 0 Å². The first-order valence-electron chi connectivity index (χ1n) is 5.69. The van der Waals surface area contributed by atoms with E-state index in [4.69, 9.17) is 0 Å². The lowest BCUT2D eigenvalue weighted by Gasteiger charge is -2.18. The lowest BCUT2D eigenvalue weighted by Crippen LogP contribution is -2.30. The van der Waals surface area contributed by atoms with Crippen LogP contribution in [-0.2, 0) is 16.6 Å². The summed E-state index contributed by atoms with van der Waals surface area (Å²) in [6.07, 6.45) is 1.66. The summed E-state index contributed by atoms with van der Waals surface area (Å²) in [6, 6.07) is 8.84. The van der Waals surface area contributed by atoms with E-state index in [1.54, 1.807) is 18.3 Å². The second kappa shape index (κ2) is 6.13. The van der Waals surface area contributed by atoms with Crippen LogP contribution in [0.1, 0.15) is 12.6 Å². The van der Waals surface area contributed by atoms with Gasteiger partial charge in [-0.1, -0.05) is 13.0 Å². The smallest absolute Gasteiger partial charge is 0.252 e. The molecule has 0 aliphatic carbocycles. The normalized spacial score (nSPS) is 11.9. The first-order valence-corrected chi connectivity index (χ1v) is 8.74. The molecule has 0 aromatic carbocycles. The fourth-order valence-corrected chi connectivity index (χ4v) is 5.19. The van der Waals surface area contributed by atoms with Gasteiger partial charge in [-0.3, -0.25) is 4.98 Å². The molecule has 7 heteroatoms. The molecule has 102 valence electrons. The van der Waals surface area contributed by atoms with Crippen molar-refractivity contribution in [3.63, 3.8) is 0 Å². The fourth-order valence-electron chi connectivity index (χ4n) is 1.60. The SMILES string of the molecule is CCN(Cc1ccccn1)S(=O)(=O)c1ccc(Br)s1.